The third-order valence-corrected chi connectivity index (χ3v) is 5.94. The van der Waals surface area contributed by atoms with Crippen LogP contribution in [-0.4, -0.2) is 12.6 Å². The summed E-state index contributed by atoms with van der Waals surface area (Å²) in [7, 11) is 2.18. The summed E-state index contributed by atoms with van der Waals surface area (Å²) >= 11 is 0. The molecule has 0 spiro atoms. The largest absolute Gasteiger partial charge is 0.313 e. The van der Waals surface area contributed by atoms with Crippen molar-refractivity contribution in [1.29, 1.82) is 0 Å². The molecule has 1 N–H and O–H groups in total. The Balaban J connectivity index is 2.43. The Hall–Kier alpha value is -0.0400. The first-order chi connectivity index (χ1) is 6.93. The predicted molar refractivity (Wildman–Crippen MR) is 65.9 cm³/mol. The molecule has 1 nitrogen and oxygen atoms in total. The van der Waals surface area contributed by atoms with E-state index >= 15 is 0 Å². The highest BCUT2D eigenvalue weighted by Gasteiger charge is 2.67. The second kappa shape index (κ2) is 3.23. The second-order valence-corrected chi connectivity index (χ2v) is 6.63. The molecule has 1 heteroatoms. The number of nitrogens with one attached hydrogen (secondary N) is 1. The molecular weight excluding hydrogens is 182 g/mol. The minimum absolute atomic E-state index is 0.387. The van der Waals surface area contributed by atoms with Crippen LogP contribution in [0.1, 0.15) is 59.8 Å². The van der Waals surface area contributed by atoms with Crippen molar-refractivity contribution in [2.45, 2.75) is 65.3 Å². The first kappa shape index (κ1) is 11.4. The lowest BCUT2D eigenvalue weighted by atomic mass is 9.56. The molecule has 2 bridgehead atoms. The Bertz CT molecular complexity index is 251. The Morgan fingerprint density at radius 2 is 1.93 bits per heavy atom. The average Bonchev–Trinajstić information content (AvgIpc) is 2.63. The summed E-state index contributed by atoms with van der Waals surface area (Å²) in [6.45, 7) is 9.83. The van der Waals surface area contributed by atoms with Gasteiger partial charge in [0.2, 0.25) is 0 Å². The van der Waals surface area contributed by atoms with Crippen molar-refractivity contribution >= 4 is 0 Å². The number of fused-ring (bicyclic) bond motifs is 2. The van der Waals surface area contributed by atoms with Crippen molar-refractivity contribution in [3.63, 3.8) is 0 Å². The maximum Gasteiger partial charge on any atom is 0.0286 e. The summed E-state index contributed by atoms with van der Waals surface area (Å²) in [5.74, 6) is 0.946. The Labute approximate surface area is 95.0 Å². The molecule has 2 saturated carbocycles. The van der Waals surface area contributed by atoms with E-state index < -0.39 is 0 Å². The fourth-order valence-electron chi connectivity index (χ4n) is 5.12. The van der Waals surface area contributed by atoms with E-state index in [1.165, 1.54) is 32.1 Å². The van der Waals surface area contributed by atoms with Gasteiger partial charge >= 0.3 is 0 Å². The van der Waals surface area contributed by atoms with Crippen LogP contribution in [-0.2, 0) is 0 Å². The predicted octanol–water partition coefficient (Wildman–Crippen LogP) is 3.59. The zero-order chi connectivity index (χ0) is 11.3. The lowest BCUT2D eigenvalue weighted by Gasteiger charge is -2.55. The van der Waals surface area contributed by atoms with Crippen LogP contribution in [0, 0.1) is 16.7 Å². The van der Waals surface area contributed by atoms with Crippen LogP contribution in [0.15, 0.2) is 0 Å². The second-order valence-electron chi connectivity index (χ2n) is 6.63. The highest BCUT2D eigenvalue weighted by molar-refractivity contribution is 5.21. The van der Waals surface area contributed by atoms with Gasteiger partial charge in [0.25, 0.3) is 0 Å². The SMILES string of the molecule is CCC[C@@]1(NC)C(C)(C)[C@H]2CC[C@@]1(C)C2. The Morgan fingerprint density at radius 1 is 1.27 bits per heavy atom. The summed E-state index contributed by atoms with van der Waals surface area (Å²) < 4.78 is 0. The molecule has 0 radical (unpaired) electrons. The van der Waals surface area contributed by atoms with Crippen molar-refractivity contribution in [2.75, 3.05) is 7.05 Å². The molecule has 3 atom stereocenters. The van der Waals surface area contributed by atoms with E-state index in [4.69, 9.17) is 0 Å². The van der Waals surface area contributed by atoms with Gasteiger partial charge in [-0.15, -0.1) is 0 Å². The van der Waals surface area contributed by atoms with Crippen molar-refractivity contribution in [3.8, 4) is 0 Å². The molecule has 15 heavy (non-hydrogen) atoms. The van der Waals surface area contributed by atoms with Gasteiger partial charge in [-0.2, -0.15) is 0 Å². The lowest BCUT2D eigenvalue weighted by molar-refractivity contribution is 0.00289. The van der Waals surface area contributed by atoms with E-state index in [9.17, 15) is 0 Å². The molecule has 0 aliphatic heterocycles. The maximum atomic E-state index is 3.74. The van der Waals surface area contributed by atoms with E-state index in [1.807, 2.05) is 0 Å². The van der Waals surface area contributed by atoms with E-state index in [2.05, 4.69) is 40.1 Å². The first-order valence-corrected chi connectivity index (χ1v) is 6.62. The number of hydrogen-bond acceptors (Lipinski definition) is 1. The molecule has 0 heterocycles. The minimum Gasteiger partial charge on any atom is -0.313 e. The summed E-state index contributed by atoms with van der Waals surface area (Å²) in [5.41, 5.74) is 1.41. The zero-order valence-corrected chi connectivity index (χ0v) is 11.1. The molecule has 0 aromatic heterocycles. The van der Waals surface area contributed by atoms with Crippen LogP contribution in [0.4, 0.5) is 0 Å². The smallest absolute Gasteiger partial charge is 0.0286 e. The van der Waals surface area contributed by atoms with Crippen LogP contribution in [0.5, 0.6) is 0 Å². The van der Waals surface area contributed by atoms with Crippen LogP contribution in [0.2, 0.25) is 0 Å². The lowest BCUT2D eigenvalue weighted by Crippen LogP contribution is -2.62. The van der Waals surface area contributed by atoms with Crippen molar-refractivity contribution in [2.24, 2.45) is 16.7 Å². The first-order valence-electron chi connectivity index (χ1n) is 6.62. The van der Waals surface area contributed by atoms with E-state index in [0.29, 0.717) is 16.4 Å². The summed E-state index contributed by atoms with van der Waals surface area (Å²) in [6.07, 6.45) is 6.97. The quantitative estimate of drug-likeness (QED) is 0.749. The number of hydrogen-bond donors (Lipinski definition) is 1. The van der Waals surface area contributed by atoms with Crippen LogP contribution in [0.3, 0.4) is 0 Å². The molecule has 0 aromatic rings. The van der Waals surface area contributed by atoms with E-state index in [1.54, 1.807) is 0 Å². The van der Waals surface area contributed by atoms with Gasteiger partial charge in [-0.05, 0) is 49.5 Å². The molecule has 2 aliphatic carbocycles. The van der Waals surface area contributed by atoms with Crippen molar-refractivity contribution in [3.05, 3.63) is 0 Å². The van der Waals surface area contributed by atoms with Crippen molar-refractivity contribution in [1.82, 2.24) is 5.32 Å². The third-order valence-electron chi connectivity index (χ3n) is 5.94. The van der Waals surface area contributed by atoms with Gasteiger partial charge in [-0.1, -0.05) is 34.1 Å². The fourth-order valence-corrected chi connectivity index (χ4v) is 5.12. The molecule has 2 aliphatic rings. The molecule has 88 valence electrons. The Morgan fingerprint density at radius 3 is 2.33 bits per heavy atom. The fraction of sp³-hybridized carbons (Fsp3) is 1.00. The summed E-state index contributed by atoms with van der Waals surface area (Å²) in [4.78, 5) is 0. The van der Waals surface area contributed by atoms with E-state index in [-0.39, 0.29) is 0 Å². The van der Waals surface area contributed by atoms with Gasteiger partial charge in [0.05, 0.1) is 0 Å². The van der Waals surface area contributed by atoms with Gasteiger partial charge in [0.15, 0.2) is 0 Å². The molecular formula is C14H27N. The van der Waals surface area contributed by atoms with Gasteiger partial charge in [-0.3, -0.25) is 0 Å². The highest BCUT2D eigenvalue weighted by Crippen LogP contribution is 2.69. The monoisotopic (exact) mass is 209 g/mol. The molecule has 2 rings (SSSR count). The van der Waals surface area contributed by atoms with Crippen LogP contribution in [0.25, 0.3) is 0 Å². The molecule has 0 unspecified atom stereocenters. The van der Waals surface area contributed by atoms with Crippen LogP contribution >= 0.6 is 0 Å². The van der Waals surface area contributed by atoms with Gasteiger partial charge in [-0.25, -0.2) is 0 Å². The normalized spacial score (nSPS) is 47.4. The minimum atomic E-state index is 0.387. The number of rotatable bonds is 3. The molecule has 0 aromatic carbocycles. The standard InChI is InChI=1S/C14H27N/c1-6-8-14(15-5)12(2,3)11-7-9-13(14,4)10-11/h11,15H,6-10H2,1-5H3/t11-,13-,14+/m0/s1. The third kappa shape index (κ3) is 1.13. The van der Waals surface area contributed by atoms with Crippen LogP contribution < -0.4 is 5.32 Å². The molecule has 2 fully saturated rings. The van der Waals surface area contributed by atoms with Gasteiger partial charge in [0, 0.05) is 5.54 Å². The molecule has 0 amide bonds. The maximum absolute atomic E-state index is 3.74. The van der Waals surface area contributed by atoms with Gasteiger partial charge in [0.1, 0.15) is 0 Å². The van der Waals surface area contributed by atoms with Gasteiger partial charge < -0.3 is 5.32 Å². The highest BCUT2D eigenvalue weighted by atomic mass is 15.0. The average molecular weight is 209 g/mol. The topological polar surface area (TPSA) is 12.0 Å². The zero-order valence-electron chi connectivity index (χ0n) is 11.1. The summed E-state index contributed by atoms with van der Waals surface area (Å²) in [6, 6.07) is 0. The van der Waals surface area contributed by atoms with E-state index in [0.717, 1.165) is 5.92 Å². The summed E-state index contributed by atoms with van der Waals surface area (Å²) in [5, 5.41) is 3.74. The Kier molecular flexibility index (Phi) is 2.46. The van der Waals surface area contributed by atoms with Crippen molar-refractivity contribution < 1.29 is 0 Å². The molecule has 0 saturated heterocycles.